The van der Waals surface area contributed by atoms with Crippen LogP contribution in [0.2, 0.25) is 0 Å². The Bertz CT molecular complexity index is 377. The second-order valence-electron chi connectivity index (χ2n) is 4.54. The van der Waals surface area contributed by atoms with Gasteiger partial charge in [0.25, 0.3) is 0 Å². The van der Waals surface area contributed by atoms with Gasteiger partial charge in [-0.3, -0.25) is 4.79 Å². The predicted octanol–water partition coefficient (Wildman–Crippen LogP) is 0.831. The molecule has 94 valence electrons. The van der Waals surface area contributed by atoms with Crippen LogP contribution in [0, 0.1) is 0 Å². The molecule has 17 heavy (non-hydrogen) atoms. The third-order valence-corrected chi connectivity index (χ3v) is 2.61. The molecule has 1 rings (SSSR count). The van der Waals surface area contributed by atoms with Gasteiger partial charge in [-0.2, -0.15) is 0 Å². The summed E-state index contributed by atoms with van der Waals surface area (Å²) in [5.74, 6) is 0.123. The van der Waals surface area contributed by atoms with Crippen molar-refractivity contribution >= 4 is 11.6 Å². The lowest BCUT2D eigenvalue weighted by atomic mass is 10.1. The van der Waals surface area contributed by atoms with Crippen LogP contribution in [-0.2, 0) is 11.2 Å². The number of anilines is 1. The molecule has 4 nitrogen and oxygen atoms in total. The summed E-state index contributed by atoms with van der Waals surface area (Å²) in [6.07, 6.45) is 0.412. The van der Waals surface area contributed by atoms with Crippen LogP contribution in [0.4, 0.5) is 5.69 Å². The number of nitrogen functional groups attached to an aromatic ring is 1. The standard InChI is InChI=1S/C13H21N3O/c1-15(2)7-8-16(3)13(17)10-11-5-4-6-12(14)9-11/h4-6,9H,7-8,10,14H2,1-3H3. The summed E-state index contributed by atoms with van der Waals surface area (Å²) in [6, 6.07) is 7.47. The molecule has 0 heterocycles. The van der Waals surface area contributed by atoms with Gasteiger partial charge in [0.15, 0.2) is 0 Å². The third kappa shape index (κ3) is 4.87. The van der Waals surface area contributed by atoms with Gasteiger partial charge in [0.2, 0.25) is 5.91 Å². The lowest BCUT2D eigenvalue weighted by molar-refractivity contribution is -0.129. The van der Waals surface area contributed by atoms with Gasteiger partial charge in [-0.05, 0) is 31.8 Å². The number of carbonyl (C=O) groups is 1. The van der Waals surface area contributed by atoms with Gasteiger partial charge in [-0.25, -0.2) is 0 Å². The molecule has 0 unspecified atom stereocenters. The van der Waals surface area contributed by atoms with Gasteiger partial charge >= 0.3 is 0 Å². The molecule has 0 bridgehead atoms. The van der Waals surface area contributed by atoms with Crippen molar-refractivity contribution in [3.63, 3.8) is 0 Å². The van der Waals surface area contributed by atoms with Gasteiger partial charge in [-0.1, -0.05) is 12.1 Å². The Morgan fingerprint density at radius 2 is 1.94 bits per heavy atom. The van der Waals surface area contributed by atoms with Crippen molar-refractivity contribution in [2.75, 3.05) is 40.0 Å². The predicted molar refractivity (Wildman–Crippen MR) is 70.7 cm³/mol. The maximum Gasteiger partial charge on any atom is 0.226 e. The quantitative estimate of drug-likeness (QED) is 0.769. The average molecular weight is 235 g/mol. The molecule has 1 aromatic rings. The number of benzene rings is 1. The highest BCUT2D eigenvalue weighted by molar-refractivity contribution is 5.78. The molecule has 0 spiro atoms. The van der Waals surface area contributed by atoms with E-state index in [4.69, 9.17) is 5.73 Å². The van der Waals surface area contributed by atoms with Crippen LogP contribution in [0.25, 0.3) is 0 Å². The lowest BCUT2D eigenvalue weighted by Gasteiger charge is -2.19. The smallest absolute Gasteiger partial charge is 0.226 e. The van der Waals surface area contributed by atoms with Crippen molar-refractivity contribution in [2.24, 2.45) is 0 Å². The maximum absolute atomic E-state index is 11.9. The molecule has 4 heteroatoms. The summed E-state index contributed by atoms with van der Waals surface area (Å²) in [4.78, 5) is 15.7. The highest BCUT2D eigenvalue weighted by Crippen LogP contribution is 2.08. The van der Waals surface area contributed by atoms with Crippen LogP contribution in [0.15, 0.2) is 24.3 Å². The Labute approximate surface area is 103 Å². The second kappa shape index (κ2) is 6.25. The van der Waals surface area contributed by atoms with E-state index in [1.165, 1.54) is 0 Å². The number of nitrogens with two attached hydrogens (primary N) is 1. The molecule has 0 saturated carbocycles. The number of likely N-dealkylation sites (N-methyl/N-ethyl adjacent to an activating group) is 2. The van der Waals surface area contributed by atoms with Gasteiger partial charge < -0.3 is 15.5 Å². The molecule has 0 aromatic heterocycles. The van der Waals surface area contributed by atoms with Crippen LogP contribution in [0.1, 0.15) is 5.56 Å². The Morgan fingerprint density at radius 3 is 2.53 bits per heavy atom. The molecule has 0 aliphatic carbocycles. The Balaban J connectivity index is 2.48. The van der Waals surface area contributed by atoms with Crippen molar-refractivity contribution in [3.8, 4) is 0 Å². The fraction of sp³-hybridized carbons (Fsp3) is 0.462. The van der Waals surface area contributed by atoms with Crippen LogP contribution in [0.5, 0.6) is 0 Å². The fourth-order valence-corrected chi connectivity index (χ4v) is 1.49. The van der Waals surface area contributed by atoms with E-state index in [9.17, 15) is 4.79 Å². The van der Waals surface area contributed by atoms with Gasteiger partial charge in [0.1, 0.15) is 0 Å². The van der Waals surface area contributed by atoms with Crippen molar-refractivity contribution < 1.29 is 4.79 Å². The zero-order valence-electron chi connectivity index (χ0n) is 10.8. The minimum absolute atomic E-state index is 0.123. The van der Waals surface area contributed by atoms with Crippen LogP contribution < -0.4 is 5.73 Å². The molecule has 0 aliphatic rings. The normalized spacial score (nSPS) is 10.6. The molecule has 0 fully saturated rings. The zero-order valence-corrected chi connectivity index (χ0v) is 10.8. The van der Waals surface area contributed by atoms with Crippen LogP contribution in [-0.4, -0.2) is 49.9 Å². The van der Waals surface area contributed by atoms with E-state index < -0.39 is 0 Å². The van der Waals surface area contributed by atoms with E-state index >= 15 is 0 Å². The molecule has 0 saturated heterocycles. The lowest BCUT2D eigenvalue weighted by Crippen LogP contribution is -2.34. The third-order valence-electron chi connectivity index (χ3n) is 2.61. The number of amides is 1. The van der Waals surface area contributed by atoms with E-state index in [1.54, 1.807) is 4.90 Å². The average Bonchev–Trinajstić information content (AvgIpc) is 2.25. The molecule has 0 radical (unpaired) electrons. The van der Waals surface area contributed by atoms with Crippen molar-refractivity contribution in [2.45, 2.75) is 6.42 Å². The van der Waals surface area contributed by atoms with E-state index in [0.717, 1.165) is 18.7 Å². The van der Waals surface area contributed by atoms with Crippen molar-refractivity contribution in [3.05, 3.63) is 29.8 Å². The number of rotatable bonds is 5. The Hall–Kier alpha value is -1.55. The molecular weight excluding hydrogens is 214 g/mol. The second-order valence-corrected chi connectivity index (χ2v) is 4.54. The summed E-state index contributed by atoms with van der Waals surface area (Å²) < 4.78 is 0. The minimum atomic E-state index is 0.123. The number of carbonyl (C=O) groups excluding carboxylic acids is 1. The number of hydrogen-bond donors (Lipinski definition) is 1. The van der Waals surface area contributed by atoms with E-state index in [1.807, 2.05) is 45.4 Å². The highest BCUT2D eigenvalue weighted by Gasteiger charge is 2.09. The minimum Gasteiger partial charge on any atom is -0.399 e. The topological polar surface area (TPSA) is 49.6 Å². The molecule has 0 aliphatic heterocycles. The zero-order chi connectivity index (χ0) is 12.8. The van der Waals surface area contributed by atoms with Crippen molar-refractivity contribution in [1.82, 2.24) is 9.80 Å². The molecule has 1 aromatic carbocycles. The first-order valence-corrected chi connectivity index (χ1v) is 5.72. The molecule has 0 atom stereocenters. The molecule has 1 amide bonds. The number of nitrogens with zero attached hydrogens (tertiary/aromatic N) is 2. The summed E-state index contributed by atoms with van der Waals surface area (Å²) in [6.45, 7) is 1.62. The van der Waals surface area contributed by atoms with E-state index in [2.05, 4.69) is 4.90 Å². The van der Waals surface area contributed by atoms with E-state index in [-0.39, 0.29) is 5.91 Å². The monoisotopic (exact) mass is 235 g/mol. The van der Waals surface area contributed by atoms with Crippen LogP contribution in [0.3, 0.4) is 0 Å². The first-order chi connectivity index (χ1) is 7.99. The Morgan fingerprint density at radius 1 is 1.24 bits per heavy atom. The van der Waals surface area contributed by atoms with Gasteiger partial charge in [0.05, 0.1) is 6.42 Å². The number of hydrogen-bond acceptors (Lipinski definition) is 3. The SMILES string of the molecule is CN(C)CCN(C)C(=O)Cc1cccc(N)c1. The fourth-order valence-electron chi connectivity index (χ4n) is 1.49. The van der Waals surface area contributed by atoms with Crippen molar-refractivity contribution in [1.29, 1.82) is 0 Å². The Kier molecular flexibility index (Phi) is 4.97. The summed E-state index contributed by atoms with van der Waals surface area (Å²) in [7, 11) is 5.82. The highest BCUT2D eigenvalue weighted by atomic mass is 16.2. The largest absolute Gasteiger partial charge is 0.399 e. The summed E-state index contributed by atoms with van der Waals surface area (Å²) in [5, 5.41) is 0. The van der Waals surface area contributed by atoms with E-state index in [0.29, 0.717) is 12.1 Å². The molecule has 2 N–H and O–H groups in total. The van der Waals surface area contributed by atoms with Crippen LogP contribution >= 0.6 is 0 Å². The maximum atomic E-state index is 11.9. The van der Waals surface area contributed by atoms with Gasteiger partial charge in [-0.15, -0.1) is 0 Å². The first kappa shape index (κ1) is 13.5. The first-order valence-electron chi connectivity index (χ1n) is 5.72. The summed E-state index contributed by atoms with van der Waals surface area (Å²) >= 11 is 0. The van der Waals surface area contributed by atoms with Gasteiger partial charge in [0, 0.05) is 25.8 Å². The molecular formula is C13H21N3O. The summed E-state index contributed by atoms with van der Waals surface area (Å²) in [5.41, 5.74) is 7.34.